The number of hydrogen-bond donors (Lipinski definition) is 1. The zero-order chi connectivity index (χ0) is 13.4. The molecular formula is C13H16N2O3S. The maximum Gasteiger partial charge on any atom is 0.264 e. The quantitative estimate of drug-likeness (QED) is 0.860. The Morgan fingerprint density at radius 2 is 2.26 bits per heavy atom. The molecule has 0 saturated carbocycles. The molecule has 2 N–H and O–H groups in total. The van der Waals surface area contributed by atoms with Crippen molar-refractivity contribution < 1.29 is 14.3 Å². The molecule has 1 saturated heterocycles. The normalized spacial score (nSPS) is 22.3. The van der Waals surface area contributed by atoms with E-state index >= 15 is 0 Å². The van der Waals surface area contributed by atoms with Gasteiger partial charge in [0.05, 0.1) is 18.0 Å². The molecule has 1 aromatic heterocycles. The number of aryl methyl sites for hydroxylation is 2. The Hall–Kier alpha value is -1.40. The first-order valence-electron chi connectivity index (χ1n) is 6.47. The lowest BCUT2D eigenvalue weighted by Gasteiger charge is -2.31. The van der Waals surface area contributed by atoms with Crippen molar-refractivity contribution in [1.82, 2.24) is 4.90 Å². The van der Waals surface area contributed by atoms with Crippen LogP contribution in [0.4, 0.5) is 0 Å². The Morgan fingerprint density at radius 1 is 1.42 bits per heavy atom. The summed E-state index contributed by atoms with van der Waals surface area (Å²) < 4.78 is 5.25. The number of rotatable bonds is 2. The van der Waals surface area contributed by atoms with Gasteiger partial charge in [0.15, 0.2) is 6.10 Å². The summed E-state index contributed by atoms with van der Waals surface area (Å²) in [4.78, 5) is 27.3. The predicted octanol–water partition coefficient (Wildman–Crippen LogP) is 0.563. The lowest BCUT2D eigenvalue weighted by molar-refractivity contribution is -0.133. The van der Waals surface area contributed by atoms with E-state index in [9.17, 15) is 9.59 Å². The van der Waals surface area contributed by atoms with Crippen LogP contribution in [0.2, 0.25) is 0 Å². The molecule has 0 aromatic carbocycles. The maximum absolute atomic E-state index is 12.4. The Bertz CT molecular complexity index is 504. The van der Waals surface area contributed by atoms with E-state index in [4.69, 9.17) is 10.5 Å². The number of thiophene rings is 1. The molecule has 0 spiro atoms. The molecule has 102 valence electrons. The van der Waals surface area contributed by atoms with Gasteiger partial charge < -0.3 is 15.4 Å². The second kappa shape index (κ2) is 4.94. The third-order valence-corrected chi connectivity index (χ3v) is 4.85. The van der Waals surface area contributed by atoms with Crippen LogP contribution in [-0.2, 0) is 22.4 Å². The van der Waals surface area contributed by atoms with E-state index in [0.717, 1.165) is 17.7 Å². The second-order valence-corrected chi connectivity index (χ2v) is 6.06. The fourth-order valence-corrected chi connectivity index (χ4v) is 3.82. The van der Waals surface area contributed by atoms with Crippen LogP contribution in [0, 0.1) is 0 Å². The fraction of sp³-hybridized carbons (Fsp3) is 0.538. The minimum absolute atomic E-state index is 0.00560. The summed E-state index contributed by atoms with van der Waals surface area (Å²) >= 11 is 1.59. The molecule has 1 atom stereocenters. The molecule has 19 heavy (non-hydrogen) atoms. The zero-order valence-corrected chi connectivity index (χ0v) is 11.4. The van der Waals surface area contributed by atoms with E-state index < -0.39 is 12.0 Å². The minimum Gasteiger partial charge on any atom is -0.367 e. The SMILES string of the molecule is NC(=O)[C@H]1CN(C(=O)c2cc3c(s2)CCC3)CCO1. The number of nitrogens with zero attached hydrogens (tertiary/aromatic N) is 1. The van der Waals surface area contributed by atoms with Gasteiger partial charge in [0, 0.05) is 11.4 Å². The van der Waals surface area contributed by atoms with Gasteiger partial charge in [-0.3, -0.25) is 9.59 Å². The Morgan fingerprint density at radius 3 is 3.00 bits per heavy atom. The van der Waals surface area contributed by atoms with Gasteiger partial charge in [-0.05, 0) is 30.9 Å². The van der Waals surface area contributed by atoms with E-state index in [1.807, 2.05) is 6.07 Å². The Labute approximate surface area is 115 Å². The van der Waals surface area contributed by atoms with Gasteiger partial charge in [-0.15, -0.1) is 11.3 Å². The molecule has 6 heteroatoms. The molecule has 2 amide bonds. The number of amides is 2. The molecule has 2 aliphatic rings. The molecule has 1 aliphatic carbocycles. The van der Waals surface area contributed by atoms with Crippen LogP contribution in [0.25, 0.3) is 0 Å². The molecule has 1 aromatic rings. The third-order valence-electron chi connectivity index (χ3n) is 3.63. The monoisotopic (exact) mass is 280 g/mol. The number of primary amides is 1. The van der Waals surface area contributed by atoms with Crippen molar-refractivity contribution in [3.8, 4) is 0 Å². The third kappa shape index (κ3) is 2.37. The zero-order valence-electron chi connectivity index (χ0n) is 10.6. The van der Waals surface area contributed by atoms with Gasteiger partial charge in [-0.1, -0.05) is 0 Å². The average Bonchev–Trinajstić information content (AvgIpc) is 2.98. The highest BCUT2D eigenvalue weighted by Crippen LogP contribution is 2.31. The van der Waals surface area contributed by atoms with E-state index in [2.05, 4.69) is 0 Å². The van der Waals surface area contributed by atoms with Crippen molar-refractivity contribution in [2.24, 2.45) is 5.73 Å². The van der Waals surface area contributed by atoms with E-state index in [0.29, 0.717) is 13.2 Å². The van der Waals surface area contributed by atoms with Gasteiger partial charge >= 0.3 is 0 Å². The second-order valence-electron chi connectivity index (χ2n) is 4.93. The predicted molar refractivity (Wildman–Crippen MR) is 71.2 cm³/mol. The van der Waals surface area contributed by atoms with Gasteiger partial charge in [0.2, 0.25) is 5.91 Å². The largest absolute Gasteiger partial charge is 0.367 e. The number of carbonyl (C=O) groups excluding carboxylic acids is 2. The highest BCUT2D eigenvalue weighted by molar-refractivity contribution is 7.14. The number of fused-ring (bicyclic) bond motifs is 1. The minimum atomic E-state index is -0.676. The lowest BCUT2D eigenvalue weighted by atomic mass is 10.2. The molecule has 0 bridgehead atoms. The number of ether oxygens (including phenoxy) is 1. The van der Waals surface area contributed by atoms with Crippen molar-refractivity contribution in [2.45, 2.75) is 25.4 Å². The highest BCUT2D eigenvalue weighted by atomic mass is 32.1. The van der Waals surface area contributed by atoms with Crippen molar-refractivity contribution >= 4 is 23.2 Å². The van der Waals surface area contributed by atoms with Crippen LogP contribution in [0.1, 0.15) is 26.5 Å². The van der Waals surface area contributed by atoms with Crippen LogP contribution in [0.15, 0.2) is 6.07 Å². The van der Waals surface area contributed by atoms with Gasteiger partial charge in [-0.2, -0.15) is 0 Å². The van der Waals surface area contributed by atoms with Crippen LogP contribution in [0.3, 0.4) is 0 Å². The summed E-state index contributed by atoms with van der Waals surface area (Å²) in [5, 5.41) is 0. The first kappa shape index (κ1) is 12.6. The van der Waals surface area contributed by atoms with Crippen molar-refractivity contribution in [3.63, 3.8) is 0 Å². The lowest BCUT2D eigenvalue weighted by Crippen LogP contribution is -2.50. The van der Waals surface area contributed by atoms with Gasteiger partial charge in [-0.25, -0.2) is 0 Å². The molecule has 0 radical (unpaired) electrons. The number of hydrogen-bond acceptors (Lipinski definition) is 4. The molecule has 1 aliphatic heterocycles. The van der Waals surface area contributed by atoms with Crippen molar-refractivity contribution in [3.05, 3.63) is 21.4 Å². The molecule has 0 unspecified atom stereocenters. The number of morpholine rings is 1. The highest BCUT2D eigenvalue weighted by Gasteiger charge is 2.29. The van der Waals surface area contributed by atoms with Crippen LogP contribution >= 0.6 is 11.3 Å². The summed E-state index contributed by atoms with van der Waals surface area (Å²) in [5.74, 6) is -0.514. The smallest absolute Gasteiger partial charge is 0.264 e. The summed E-state index contributed by atoms with van der Waals surface area (Å²) in [6, 6.07) is 2.00. The average molecular weight is 280 g/mol. The molecule has 2 heterocycles. The van der Waals surface area contributed by atoms with Crippen LogP contribution in [-0.4, -0.2) is 42.5 Å². The topological polar surface area (TPSA) is 72.6 Å². The Kier molecular flexibility index (Phi) is 3.28. The molecule has 5 nitrogen and oxygen atoms in total. The Balaban J connectivity index is 1.74. The number of carbonyl (C=O) groups is 2. The molecule has 1 fully saturated rings. The summed E-state index contributed by atoms with van der Waals surface area (Å²) in [5.41, 5.74) is 6.54. The van der Waals surface area contributed by atoms with E-state index in [-0.39, 0.29) is 12.5 Å². The molecule has 3 rings (SSSR count). The van der Waals surface area contributed by atoms with E-state index in [1.54, 1.807) is 16.2 Å². The van der Waals surface area contributed by atoms with Crippen molar-refractivity contribution in [2.75, 3.05) is 19.7 Å². The fourth-order valence-electron chi connectivity index (χ4n) is 2.60. The summed E-state index contributed by atoms with van der Waals surface area (Å²) in [7, 11) is 0. The summed E-state index contributed by atoms with van der Waals surface area (Å²) in [6.45, 7) is 1.15. The van der Waals surface area contributed by atoms with E-state index in [1.165, 1.54) is 16.9 Å². The maximum atomic E-state index is 12.4. The first-order chi connectivity index (χ1) is 9.15. The van der Waals surface area contributed by atoms with Crippen molar-refractivity contribution in [1.29, 1.82) is 0 Å². The van der Waals surface area contributed by atoms with Gasteiger partial charge in [0.1, 0.15) is 0 Å². The first-order valence-corrected chi connectivity index (χ1v) is 7.28. The van der Waals surface area contributed by atoms with Gasteiger partial charge in [0.25, 0.3) is 5.91 Å². The van der Waals surface area contributed by atoms with Crippen LogP contribution in [0.5, 0.6) is 0 Å². The number of nitrogens with two attached hydrogens (primary N) is 1. The molecular weight excluding hydrogens is 264 g/mol. The summed E-state index contributed by atoms with van der Waals surface area (Å²) in [6.07, 6.45) is 2.67. The van der Waals surface area contributed by atoms with Crippen LogP contribution < -0.4 is 5.73 Å². The standard InChI is InChI=1S/C13H16N2O3S/c14-12(16)9-7-15(4-5-18-9)13(17)11-6-8-2-1-3-10(8)19-11/h6,9H,1-5,7H2,(H2,14,16)/t9-/m1/s1.